The van der Waals surface area contributed by atoms with Crippen LogP contribution in [-0.2, 0) is 6.61 Å². The minimum atomic E-state index is -0.783. The van der Waals surface area contributed by atoms with Crippen molar-refractivity contribution in [3.63, 3.8) is 0 Å². The van der Waals surface area contributed by atoms with Crippen LogP contribution in [0.3, 0.4) is 0 Å². The van der Waals surface area contributed by atoms with Crippen molar-refractivity contribution in [2.75, 3.05) is 7.11 Å². The first-order valence-electron chi connectivity index (χ1n) is 9.17. The highest BCUT2D eigenvalue weighted by Gasteiger charge is 2.33. The minimum Gasteiger partial charge on any atom is -0.497 e. The number of benzene rings is 3. The van der Waals surface area contributed by atoms with Crippen molar-refractivity contribution >= 4 is 5.71 Å². The summed E-state index contributed by atoms with van der Waals surface area (Å²) < 4.78 is 11.2. The summed E-state index contributed by atoms with van der Waals surface area (Å²) in [5.41, 5.74) is 6.43. The highest BCUT2D eigenvalue weighted by Crippen LogP contribution is 2.30. The van der Waals surface area contributed by atoms with E-state index in [1.165, 1.54) is 0 Å². The van der Waals surface area contributed by atoms with Crippen molar-refractivity contribution in [1.29, 1.82) is 0 Å². The lowest BCUT2D eigenvalue weighted by Gasteiger charge is -2.18. The lowest BCUT2D eigenvalue weighted by Crippen LogP contribution is -2.27. The van der Waals surface area contributed by atoms with Crippen LogP contribution in [-0.4, -0.2) is 24.0 Å². The first-order chi connectivity index (χ1) is 13.8. The Bertz CT molecular complexity index is 955. The number of nitrogens with one attached hydrogen (secondary N) is 1. The SMILES string of the molecule is COc1ccc([C@H]2NN=C(c3ccccc3OCc3ccccc3)[C@H]2O)cc1. The first-order valence-corrected chi connectivity index (χ1v) is 9.17. The second-order valence-corrected chi connectivity index (χ2v) is 6.59. The van der Waals surface area contributed by atoms with E-state index < -0.39 is 6.10 Å². The van der Waals surface area contributed by atoms with E-state index in [-0.39, 0.29) is 6.04 Å². The number of hydrogen-bond acceptors (Lipinski definition) is 5. The van der Waals surface area contributed by atoms with Crippen LogP contribution in [0.1, 0.15) is 22.7 Å². The average molecular weight is 374 g/mol. The molecule has 0 fully saturated rings. The molecule has 1 aliphatic rings. The van der Waals surface area contributed by atoms with Crippen LogP contribution >= 0.6 is 0 Å². The van der Waals surface area contributed by atoms with Crippen LogP contribution in [0.15, 0.2) is 84.0 Å². The maximum absolute atomic E-state index is 10.9. The maximum Gasteiger partial charge on any atom is 0.129 e. The summed E-state index contributed by atoms with van der Waals surface area (Å²) in [6.45, 7) is 0.455. The molecule has 1 aliphatic heterocycles. The molecule has 5 heteroatoms. The Labute approximate surface area is 164 Å². The van der Waals surface area contributed by atoms with Crippen LogP contribution in [0.4, 0.5) is 0 Å². The third-order valence-electron chi connectivity index (χ3n) is 4.80. The monoisotopic (exact) mass is 374 g/mol. The number of hydrazone groups is 1. The summed E-state index contributed by atoms with van der Waals surface area (Å²) in [5.74, 6) is 1.47. The number of para-hydroxylation sites is 1. The molecule has 28 heavy (non-hydrogen) atoms. The molecule has 5 nitrogen and oxygen atoms in total. The van der Waals surface area contributed by atoms with E-state index in [1.54, 1.807) is 7.11 Å². The molecule has 0 bridgehead atoms. The van der Waals surface area contributed by atoms with E-state index in [1.807, 2.05) is 78.9 Å². The fourth-order valence-electron chi connectivity index (χ4n) is 3.26. The fraction of sp³-hybridized carbons (Fsp3) is 0.174. The van der Waals surface area contributed by atoms with Crippen LogP contribution in [0.25, 0.3) is 0 Å². The zero-order chi connectivity index (χ0) is 19.3. The van der Waals surface area contributed by atoms with Crippen molar-refractivity contribution < 1.29 is 14.6 Å². The predicted molar refractivity (Wildman–Crippen MR) is 109 cm³/mol. The zero-order valence-electron chi connectivity index (χ0n) is 15.6. The third-order valence-corrected chi connectivity index (χ3v) is 4.80. The van der Waals surface area contributed by atoms with Gasteiger partial charge in [0.25, 0.3) is 0 Å². The summed E-state index contributed by atoms with van der Waals surface area (Å²) in [4.78, 5) is 0. The topological polar surface area (TPSA) is 63.1 Å². The molecule has 0 saturated heterocycles. The van der Waals surface area contributed by atoms with Crippen LogP contribution in [0, 0.1) is 0 Å². The van der Waals surface area contributed by atoms with Gasteiger partial charge in [-0.2, -0.15) is 5.10 Å². The molecule has 0 saturated carbocycles. The number of hydrogen-bond donors (Lipinski definition) is 2. The lowest BCUT2D eigenvalue weighted by molar-refractivity contribution is 0.206. The van der Waals surface area contributed by atoms with Gasteiger partial charge in [0.2, 0.25) is 0 Å². The number of aliphatic hydroxyl groups excluding tert-OH is 1. The second kappa shape index (κ2) is 8.15. The van der Waals surface area contributed by atoms with E-state index in [4.69, 9.17) is 9.47 Å². The van der Waals surface area contributed by atoms with Crippen LogP contribution in [0.2, 0.25) is 0 Å². The van der Waals surface area contributed by atoms with Gasteiger partial charge in [0, 0.05) is 5.56 Å². The molecule has 142 valence electrons. The Kier molecular flexibility index (Phi) is 5.26. The number of rotatable bonds is 6. The largest absolute Gasteiger partial charge is 0.497 e. The molecular weight excluding hydrogens is 352 g/mol. The average Bonchev–Trinajstić information content (AvgIpc) is 3.14. The molecule has 0 aromatic heterocycles. The van der Waals surface area contributed by atoms with Gasteiger partial charge in [0.05, 0.1) is 7.11 Å². The molecular formula is C23H22N2O3. The lowest BCUT2D eigenvalue weighted by atomic mass is 9.95. The quantitative estimate of drug-likeness (QED) is 0.691. The van der Waals surface area contributed by atoms with Gasteiger partial charge in [-0.05, 0) is 35.4 Å². The highest BCUT2D eigenvalue weighted by molar-refractivity contribution is 6.07. The Hall–Kier alpha value is -3.31. The van der Waals surface area contributed by atoms with Crippen LogP contribution < -0.4 is 14.9 Å². The molecule has 2 atom stereocenters. The smallest absolute Gasteiger partial charge is 0.129 e. The van der Waals surface area contributed by atoms with Gasteiger partial charge in [-0.3, -0.25) is 5.43 Å². The van der Waals surface area contributed by atoms with Crippen molar-refractivity contribution in [3.8, 4) is 11.5 Å². The molecule has 1 heterocycles. The van der Waals surface area contributed by atoms with E-state index in [2.05, 4.69) is 10.5 Å². The van der Waals surface area contributed by atoms with Crippen molar-refractivity contribution in [2.24, 2.45) is 5.10 Å². The van der Waals surface area contributed by atoms with E-state index >= 15 is 0 Å². The molecule has 0 amide bonds. The summed E-state index contributed by atoms with van der Waals surface area (Å²) in [6, 6.07) is 24.9. The molecule has 3 aromatic rings. The van der Waals surface area contributed by atoms with Gasteiger partial charge in [-0.15, -0.1) is 0 Å². The minimum absolute atomic E-state index is 0.317. The second-order valence-electron chi connectivity index (χ2n) is 6.59. The Morgan fingerprint density at radius 3 is 2.39 bits per heavy atom. The summed E-state index contributed by atoms with van der Waals surface area (Å²) in [6.07, 6.45) is -0.783. The van der Waals surface area contributed by atoms with Crippen LogP contribution in [0.5, 0.6) is 11.5 Å². The number of methoxy groups -OCH3 is 1. The summed E-state index contributed by atoms with van der Waals surface area (Å²) >= 11 is 0. The Morgan fingerprint density at radius 1 is 0.929 bits per heavy atom. The number of nitrogens with zero attached hydrogens (tertiary/aromatic N) is 1. The van der Waals surface area contributed by atoms with Gasteiger partial charge < -0.3 is 14.6 Å². The Balaban J connectivity index is 1.52. The van der Waals surface area contributed by atoms with Gasteiger partial charge in [-0.1, -0.05) is 54.6 Å². The molecule has 0 aliphatic carbocycles. The molecule has 0 spiro atoms. The molecule has 0 unspecified atom stereocenters. The first kappa shape index (κ1) is 18.1. The fourth-order valence-corrected chi connectivity index (χ4v) is 3.26. The summed E-state index contributed by atoms with van der Waals surface area (Å²) in [7, 11) is 1.63. The zero-order valence-corrected chi connectivity index (χ0v) is 15.6. The highest BCUT2D eigenvalue weighted by atomic mass is 16.5. The van der Waals surface area contributed by atoms with E-state index in [0.717, 1.165) is 22.4 Å². The number of ether oxygens (including phenoxy) is 2. The Morgan fingerprint density at radius 2 is 1.64 bits per heavy atom. The van der Waals surface area contributed by atoms with Gasteiger partial charge in [-0.25, -0.2) is 0 Å². The predicted octanol–water partition coefficient (Wildman–Crippen LogP) is 3.68. The van der Waals surface area contributed by atoms with Crippen molar-refractivity contribution in [1.82, 2.24) is 5.43 Å². The normalized spacial score (nSPS) is 18.3. The molecule has 0 radical (unpaired) electrons. The standard InChI is InChI=1S/C23H22N2O3/c1-27-18-13-11-17(12-14-18)21-23(26)22(25-24-21)19-9-5-6-10-20(19)28-15-16-7-3-2-4-8-16/h2-14,21,23-24,26H,15H2,1H3/t21-,23+/m1/s1. The maximum atomic E-state index is 10.9. The molecule has 3 aromatic carbocycles. The van der Waals surface area contributed by atoms with Crippen molar-refractivity contribution in [3.05, 3.63) is 95.6 Å². The van der Waals surface area contributed by atoms with E-state index in [0.29, 0.717) is 18.1 Å². The van der Waals surface area contributed by atoms with Crippen molar-refractivity contribution in [2.45, 2.75) is 18.8 Å². The van der Waals surface area contributed by atoms with E-state index in [9.17, 15) is 5.11 Å². The molecule has 4 rings (SSSR count). The number of aliphatic hydroxyl groups is 1. The van der Waals surface area contributed by atoms with Gasteiger partial charge >= 0.3 is 0 Å². The summed E-state index contributed by atoms with van der Waals surface area (Å²) in [5, 5.41) is 15.3. The van der Waals surface area contributed by atoms with Gasteiger partial charge in [0.1, 0.15) is 36.0 Å². The van der Waals surface area contributed by atoms with Gasteiger partial charge in [0.15, 0.2) is 0 Å². The molecule has 2 N–H and O–H groups in total. The third kappa shape index (κ3) is 3.70.